The third-order valence-electron chi connectivity index (χ3n) is 6.46. The Bertz CT molecular complexity index is 1360. The van der Waals surface area contributed by atoms with Gasteiger partial charge in [-0.05, 0) is 67.4 Å². The Morgan fingerprint density at radius 1 is 0.889 bits per heavy atom. The van der Waals surface area contributed by atoms with Crippen LogP contribution in [0.3, 0.4) is 0 Å². The van der Waals surface area contributed by atoms with Gasteiger partial charge in [0.1, 0.15) is 5.76 Å². The van der Waals surface area contributed by atoms with Crippen LogP contribution in [-0.2, 0) is 9.59 Å². The minimum Gasteiger partial charge on any atom is -0.507 e. The zero-order valence-corrected chi connectivity index (χ0v) is 21.3. The lowest BCUT2D eigenvalue weighted by molar-refractivity contribution is -0.132. The zero-order chi connectivity index (χ0) is 26.1. The van der Waals surface area contributed by atoms with E-state index in [0.717, 1.165) is 16.8 Å². The van der Waals surface area contributed by atoms with E-state index < -0.39 is 17.7 Å². The van der Waals surface area contributed by atoms with Gasteiger partial charge in [-0.15, -0.1) is 0 Å². The molecule has 1 aliphatic heterocycles. The summed E-state index contributed by atoms with van der Waals surface area (Å²) < 4.78 is 10.9. The van der Waals surface area contributed by atoms with Crippen molar-refractivity contribution in [3.8, 4) is 11.5 Å². The van der Waals surface area contributed by atoms with Gasteiger partial charge >= 0.3 is 0 Å². The van der Waals surface area contributed by atoms with Gasteiger partial charge in [-0.3, -0.25) is 14.5 Å². The standard InChI is InChI=1S/C29H30N2O5/c1-17-7-8-18(2)22(15-17)27(32)25-26(19-9-14-23(35-5)24(16-19)36-6)31(29(34)28(25)33)21-12-10-20(11-13-21)30(3)4/h7-16,26,32H,1-6H3/b27-25+. The molecule has 1 saturated heterocycles. The summed E-state index contributed by atoms with van der Waals surface area (Å²) in [6.45, 7) is 3.77. The Morgan fingerprint density at radius 2 is 1.56 bits per heavy atom. The third-order valence-corrected chi connectivity index (χ3v) is 6.46. The molecule has 7 nitrogen and oxygen atoms in total. The van der Waals surface area contributed by atoms with E-state index in [4.69, 9.17) is 9.47 Å². The largest absolute Gasteiger partial charge is 0.507 e. The lowest BCUT2D eigenvalue weighted by atomic mass is 9.93. The fourth-order valence-electron chi connectivity index (χ4n) is 4.48. The van der Waals surface area contributed by atoms with Crippen molar-refractivity contribution in [2.45, 2.75) is 19.9 Å². The third kappa shape index (κ3) is 4.28. The van der Waals surface area contributed by atoms with Crippen LogP contribution in [0.1, 0.15) is 28.3 Å². The summed E-state index contributed by atoms with van der Waals surface area (Å²) in [5, 5.41) is 11.5. The van der Waals surface area contributed by atoms with Crippen molar-refractivity contribution in [1.82, 2.24) is 0 Å². The summed E-state index contributed by atoms with van der Waals surface area (Å²) in [4.78, 5) is 30.3. The number of hydrogen-bond acceptors (Lipinski definition) is 6. The van der Waals surface area contributed by atoms with Gasteiger partial charge in [0.2, 0.25) is 0 Å². The van der Waals surface area contributed by atoms with Gasteiger partial charge in [0, 0.05) is 31.0 Å². The number of Topliss-reactive ketones (excluding diaryl/α,β-unsaturated/α-hetero) is 1. The highest BCUT2D eigenvalue weighted by atomic mass is 16.5. The van der Waals surface area contributed by atoms with Gasteiger partial charge in [0.25, 0.3) is 11.7 Å². The molecule has 1 N–H and O–H groups in total. The second-order valence-corrected chi connectivity index (χ2v) is 9.01. The second kappa shape index (κ2) is 9.77. The number of nitrogens with zero attached hydrogens (tertiary/aromatic N) is 2. The fourth-order valence-corrected chi connectivity index (χ4v) is 4.48. The molecule has 0 spiro atoms. The van der Waals surface area contributed by atoms with Gasteiger partial charge in [0.05, 0.1) is 25.8 Å². The fraction of sp³-hybridized carbons (Fsp3) is 0.241. The van der Waals surface area contributed by atoms with Crippen LogP contribution in [0.15, 0.2) is 66.2 Å². The van der Waals surface area contributed by atoms with E-state index in [0.29, 0.717) is 28.3 Å². The van der Waals surface area contributed by atoms with Crippen LogP contribution in [0.2, 0.25) is 0 Å². The van der Waals surface area contributed by atoms with Crippen molar-refractivity contribution in [2.24, 2.45) is 0 Å². The Morgan fingerprint density at radius 3 is 2.17 bits per heavy atom. The molecule has 0 aliphatic carbocycles. The average molecular weight is 487 g/mol. The van der Waals surface area contributed by atoms with Crippen molar-refractivity contribution < 1.29 is 24.2 Å². The topological polar surface area (TPSA) is 79.3 Å². The molecule has 1 heterocycles. The molecule has 7 heteroatoms. The van der Waals surface area contributed by atoms with Crippen molar-refractivity contribution in [1.29, 1.82) is 0 Å². The summed E-state index contributed by atoms with van der Waals surface area (Å²) in [6.07, 6.45) is 0. The minimum atomic E-state index is -0.866. The smallest absolute Gasteiger partial charge is 0.300 e. The first-order valence-corrected chi connectivity index (χ1v) is 11.6. The number of benzene rings is 3. The van der Waals surface area contributed by atoms with Crippen LogP contribution in [0, 0.1) is 13.8 Å². The number of carbonyl (C=O) groups is 2. The van der Waals surface area contributed by atoms with Crippen LogP contribution < -0.4 is 19.3 Å². The highest BCUT2D eigenvalue weighted by molar-refractivity contribution is 6.51. The van der Waals surface area contributed by atoms with E-state index in [1.807, 2.05) is 63.2 Å². The summed E-state index contributed by atoms with van der Waals surface area (Å²) >= 11 is 0. The number of anilines is 2. The molecule has 1 amide bonds. The first kappa shape index (κ1) is 24.9. The first-order chi connectivity index (χ1) is 17.2. The van der Waals surface area contributed by atoms with Crippen LogP contribution in [-0.4, -0.2) is 45.1 Å². The zero-order valence-electron chi connectivity index (χ0n) is 21.3. The Hall–Kier alpha value is -4.26. The number of carbonyl (C=O) groups excluding carboxylic acids is 2. The number of ketones is 1. The predicted octanol–water partition coefficient (Wildman–Crippen LogP) is 5.01. The molecule has 186 valence electrons. The lowest BCUT2D eigenvalue weighted by Crippen LogP contribution is -2.29. The van der Waals surface area contributed by atoms with E-state index in [-0.39, 0.29) is 11.3 Å². The van der Waals surface area contributed by atoms with Crippen LogP contribution in [0.25, 0.3) is 5.76 Å². The van der Waals surface area contributed by atoms with E-state index in [2.05, 4.69) is 0 Å². The molecule has 1 aliphatic rings. The molecular weight excluding hydrogens is 456 g/mol. The molecule has 1 atom stereocenters. The van der Waals surface area contributed by atoms with Crippen LogP contribution >= 0.6 is 0 Å². The molecule has 0 bridgehead atoms. The first-order valence-electron chi connectivity index (χ1n) is 11.6. The molecule has 1 unspecified atom stereocenters. The quantitative estimate of drug-likeness (QED) is 0.300. The number of ether oxygens (including phenoxy) is 2. The van der Waals surface area contributed by atoms with E-state index in [1.165, 1.54) is 19.1 Å². The normalized spacial score (nSPS) is 16.8. The number of amides is 1. The average Bonchev–Trinajstić information content (AvgIpc) is 3.14. The monoisotopic (exact) mass is 486 g/mol. The predicted molar refractivity (Wildman–Crippen MR) is 141 cm³/mol. The molecule has 3 aromatic rings. The molecule has 1 fully saturated rings. The summed E-state index contributed by atoms with van der Waals surface area (Å²) in [6, 6.07) is 17.3. The molecule has 4 rings (SSSR count). The lowest BCUT2D eigenvalue weighted by Gasteiger charge is -2.26. The number of hydrogen-bond donors (Lipinski definition) is 1. The van der Waals surface area contributed by atoms with Crippen LogP contribution in [0.5, 0.6) is 11.5 Å². The number of methoxy groups -OCH3 is 2. The van der Waals surface area contributed by atoms with E-state index in [1.54, 1.807) is 30.3 Å². The molecule has 0 saturated carbocycles. The minimum absolute atomic E-state index is 0.0256. The Kier molecular flexibility index (Phi) is 6.75. The summed E-state index contributed by atoms with van der Waals surface area (Å²) in [7, 11) is 6.91. The molecule has 3 aromatic carbocycles. The van der Waals surface area contributed by atoms with Gasteiger partial charge in [0.15, 0.2) is 11.5 Å². The van der Waals surface area contributed by atoms with Gasteiger partial charge in [-0.2, -0.15) is 0 Å². The van der Waals surface area contributed by atoms with Crippen molar-refractivity contribution in [3.05, 3.63) is 88.5 Å². The Labute approximate surface area is 211 Å². The van der Waals surface area contributed by atoms with Crippen molar-refractivity contribution in [3.63, 3.8) is 0 Å². The molecule has 36 heavy (non-hydrogen) atoms. The highest BCUT2D eigenvalue weighted by Gasteiger charge is 2.47. The van der Waals surface area contributed by atoms with Crippen molar-refractivity contribution in [2.75, 3.05) is 38.1 Å². The molecule has 0 aromatic heterocycles. The SMILES string of the molecule is COc1ccc(C2/C(=C(\O)c3cc(C)ccc3C)C(=O)C(=O)N2c2ccc(N(C)C)cc2)cc1OC. The number of aryl methyl sites for hydroxylation is 2. The van der Waals surface area contributed by atoms with Gasteiger partial charge < -0.3 is 19.5 Å². The van der Waals surface area contributed by atoms with Crippen molar-refractivity contribution >= 4 is 28.8 Å². The number of aliphatic hydroxyl groups is 1. The molecule has 0 radical (unpaired) electrons. The highest BCUT2D eigenvalue weighted by Crippen LogP contribution is 2.44. The van der Waals surface area contributed by atoms with E-state index >= 15 is 0 Å². The maximum Gasteiger partial charge on any atom is 0.300 e. The van der Waals surface area contributed by atoms with Crippen LogP contribution in [0.4, 0.5) is 11.4 Å². The summed E-state index contributed by atoms with van der Waals surface area (Å²) in [5.41, 5.74) is 4.37. The maximum atomic E-state index is 13.5. The summed E-state index contributed by atoms with van der Waals surface area (Å²) in [5.74, 6) is -0.691. The molecular formula is C29H30N2O5. The number of aliphatic hydroxyl groups excluding tert-OH is 1. The van der Waals surface area contributed by atoms with Gasteiger partial charge in [-0.25, -0.2) is 0 Å². The Balaban J connectivity index is 1.97. The second-order valence-electron chi connectivity index (χ2n) is 9.01. The van der Waals surface area contributed by atoms with Gasteiger partial charge in [-0.1, -0.05) is 23.8 Å². The maximum absolute atomic E-state index is 13.5. The van der Waals surface area contributed by atoms with E-state index in [9.17, 15) is 14.7 Å². The number of rotatable bonds is 6.